The van der Waals surface area contributed by atoms with Gasteiger partial charge in [0.2, 0.25) is 0 Å². The molecule has 0 radical (unpaired) electrons. The Morgan fingerprint density at radius 2 is 2.12 bits per heavy atom. The van der Waals surface area contributed by atoms with Gasteiger partial charge in [-0.25, -0.2) is 0 Å². The summed E-state index contributed by atoms with van der Waals surface area (Å²) in [7, 11) is 1.72. The predicted molar refractivity (Wildman–Crippen MR) is 61.7 cm³/mol. The first kappa shape index (κ1) is 11.8. The Morgan fingerprint density at radius 1 is 1.47 bits per heavy atom. The standard InChI is InChI=1S/C11H15N3O3/c1-12-8-2-3-13-4-7(8)11(17)14-5-9(15)10(16)6-14/h2-4,9-10,15-16H,5-6H2,1H3,(H,12,13). The average Bonchev–Trinajstić information content (AvgIpc) is 2.68. The molecular weight excluding hydrogens is 222 g/mol. The molecule has 2 atom stereocenters. The number of nitrogens with one attached hydrogen (secondary N) is 1. The fraction of sp³-hybridized carbons (Fsp3) is 0.455. The summed E-state index contributed by atoms with van der Waals surface area (Å²) in [5.41, 5.74) is 1.12. The van der Waals surface area contributed by atoms with Crippen molar-refractivity contribution >= 4 is 11.6 Å². The summed E-state index contributed by atoms with van der Waals surface area (Å²) in [6.07, 6.45) is 1.34. The van der Waals surface area contributed by atoms with Crippen LogP contribution in [0.1, 0.15) is 10.4 Å². The highest BCUT2D eigenvalue weighted by Crippen LogP contribution is 2.19. The van der Waals surface area contributed by atoms with E-state index < -0.39 is 12.2 Å². The van der Waals surface area contributed by atoms with Crippen molar-refractivity contribution in [2.24, 2.45) is 0 Å². The van der Waals surface area contributed by atoms with E-state index in [1.54, 1.807) is 19.3 Å². The fourth-order valence-corrected chi connectivity index (χ4v) is 1.89. The molecule has 1 saturated heterocycles. The molecule has 1 aliphatic rings. The van der Waals surface area contributed by atoms with E-state index in [1.807, 2.05) is 0 Å². The topological polar surface area (TPSA) is 85.7 Å². The molecule has 0 aliphatic carbocycles. The number of hydrogen-bond donors (Lipinski definition) is 3. The van der Waals surface area contributed by atoms with Crippen LogP contribution in [0.2, 0.25) is 0 Å². The van der Waals surface area contributed by atoms with Crippen molar-refractivity contribution in [3.05, 3.63) is 24.0 Å². The van der Waals surface area contributed by atoms with Gasteiger partial charge in [0.1, 0.15) is 0 Å². The molecule has 1 aromatic rings. The van der Waals surface area contributed by atoms with Gasteiger partial charge in [-0.3, -0.25) is 9.78 Å². The molecule has 0 aromatic carbocycles. The number of aliphatic hydroxyl groups is 2. The number of amides is 1. The lowest BCUT2D eigenvalue weighted by atomic mass is 10.2. The SMILES string of the molecule is CNc1ccncc1C(=O)N1CC(O)C(O)C1. The number of rotatable bonds is 2. The van der Waals surface area contributed by atoms with E-state index in [0.29, 0.717) is 11.3 Å². The molecule has 2 unspecified atom stereocenters. The first-order valence-electron chi connectivity index (χ1n) is 5.40. The highest BCUT2D eigenvalue weighted by Gasteiger charge is 2.33. The van der Waals surface area contributed by atoms with E-state index in [2.05, 4.69) is 10.3 Å². The van der Waals surface area contributed by atoms with Gasteiger partial charge in [-0.2, -0.15) is 0 Å². The van der Waals surface area contributed by atoms with Crippen molar-refractivity contribution in [1.29, 1.82) is 0 Å². The number of nitrogens with zero attached hydrogens (tertiary/aromatic N) is 2. The lowest BCUT2D eigenvalue weighted by molar-refractivity contribution is 0.0572. The number of anilines is 1. The molecule has 0 saturated carbocycles. The number of hydrogen-bond acceptors (Lipinski definition) is 5. The van der Waals surface area contributed by atoms with Crippen molar-refractivity contribution in [3.8, 4) is 0 Å². The zero-order valence-electron chi connectivity index (χ0n) is 9.50. The maximum Gasteiger partial charge on any atom is 0.257 e. The molecule has 6 heteroatoms. The third-order valence-electron chi connectivity index (χ3n) is 2.87. The van der Waals surface area contributed by atoms with Crippen molar-refractivity contribution in [2.45, 2.75) is 12.2 Å². The Balaban J connectivity index is 2.20. The first-order valence-corrected chi connectivity index (χ1v) is 5.40. The van der Waals surface area contributed by atoms with Gasteiger partial charge < -0.3 is 20.4 Å². The third-order valence-corrected chi connectivity index (χ3v) is 2.87. The minimum Gasteiger partial charge on any atom is -0.388 e. The van der Waals surface area contributed by atoms with Crippen LogP contribution >= 0.6 is 0 Å². The molecular formula is C11H15N3O3. The van der Waals surface area contributed by atoms with E-state index in [1.165, 1.54) is 11.1 Å². The molecule has 0 spiro atoms. The highest BCUT2D eigenvalue weighted by molar-refractivity contribution is 5.99. The number of carbonyl (C=O) groups is 1. The van der Waals surface area contributed by atoms with Crippen LogP contribution in [0.15, 0.2) is 18.5 Å². The molecule has 1 aliphatic heterocycles. The van der Waals surface area contributed by atoms with Crippen LogP contribution in [0.5, 0.6) is 0 Å². The van der Waals surface area contributed by atoms with E-state index in [0.717, 1.165) is 0 Å². The molecule has 3 N–H and O–H groups in total. The molecule has 2 heterocycles. The normalized spacial score (nSPS) is 23.8. The van der Waals surface area contributed by atoms with Gasteiger partial charge in [-0.15, -0.1) is 0 Å². The second-order valence-electron chi connectivity index (χ2n) is 4.02. The monoisotopic (exact) mass is 237 g/mol. The highest BCUT2D eigenvalue weighted by atomic mass is 16.3. The van der Waals surface area contributed by atoms with E-state index in [9.17, 15) is 15.0 Å². The number of likely N-dealkylation sites (tertiary alicyclic amines) is 1. The summed E-state index contributed by atoms with van der Waals surface area (Å²) >= 11 is 0. The van der Waals surface area contributed by atoms with Crippen molar-refractivity contribution < 1.29 is 15.0 Å². The van der Waals surface area contributed by atoms with Gasteiger partial charge in [-0.05, 0) is 6.07 Å². The van der Waals surface area contributed by atoms with Crippen molar-refractivity contribution in [1.82, 2.24) is 9.88 Å². The number of aromatic nitrogens is 1. The predicted octanol–water partition coefficient (Wildman–Crippen LogP) is -0.699. The van der Waals surface area contributed by atoms with Crippen LogP contribution in [0.25, 0.3) is 0 Å². The lowest BCUT2D eigenvalue weighted by Gasteiger charge is -2.17. The van der Waals surface area contributed by atoms with Crippen LogP contribution in [0.4, 0.5) is 5.69 Å². The number of pyridine rings is 1. The molecule has 2 rings (SSSR count). The van der Waals surface area contributed by atoms with Crippen LogP contribution in [0.3, 0.4) is 0 Å². The van der Waals surface area contributed by atoms with Gasteiger partial charge in [0.15, 0.2) is 0 Å². The van der Waals surface area contributed by atoms with Gasteiger partial charge in [0.25, 0.3) is 5.91 Å². The molecule has 6 nitrogen and oxygen atoms in total. The lowest BCUT2D eigenvalue weighted by Crippen LogP contribution is -2.30. The summed E-state index contributed by atoms with van der Waals surface area (Å²) in [6, 6.07) is 1.70. The van der Waals surface area contributed by atoms with Gasteiger partial charge in [-0.1, -0.05) is 0 Å². The van der Waals surface area contributed by atoms with E-state index >= 15 is 0 Å². The zero-order chi connectivity index (χ0) is 12.4. The Bertz CT molecular complexity index is 414. The summed E-state index contributed by atoms with van der Waals surface area (Å²) in [6.45, 7) is 0.302. The molecule has 1 fully saturated rings. The van der Waals surface area contributed by atoms with E-state index in [-0.39, 0.29) is 19.0 Å². The minimum absolute atomic E-state index is 0.151. The van der Waals surface area contributed by atoms with Crippen molar-refractivity contribution in [2.75, 3.05) is 25.5 Å². The second kappa shape index (κ2) is 4.68. The Labute approximate surface area is 98.9 Å². The number of carbonyl (C=O) groups excluding carboxylic acids is 1. The van der Waals surface area contributed by atoms with Crippen LogP contribution < -0.4 is 5.32 Å². The maximum absolute atomic E-state index is 12.1. The number of β-amino-alcohol motifs (C(OH)–C–C–N with tert-alkyl or cyclic N) is 2. The quantitative estimate of drug-likeness (QED) is 0.633. The van der Waals surface area contributed by atoms with E-state index in [4.69, 9.17) is 0 Å². The molecule has 0 bridgehead atoms. The first-order chi connectivity index (χ1) is 8.13. The van der Waals surface area contributed by atoms with Gasteiger partial charge >= 0.3 is 0 Å². The molecule has 92 valence electrons. The zero-order valence-corrected chi connectivity index (χ0v) is 9.50. The summed E-state index contributed by atoms with van der Waals surface area (Å²) < 4.78 is 0. The largest absolute Gasteiger partial charge is 0.388 e. The fourth-order valence-electron chi connectivity index (χ4n) is 1.89. The Morgan fingerprint density at radius 3 is 2.71 bits per heavy atom. The summed E-state index contributed by atoms with van der Waals surface area (Å²) in [4.78, 5) is 17.5. The Kier molecular flexibility index (Phi) is 3.26. The summed E-state index contributed by atoms with van der Waals surface area (Å²) in [5.74, 6) is -0.238. The Hall–Kier alpha value is -1.66. The van der Waals surface area contributed by atoms with Crippen LogP contribution in [0, 0.1) is 0 Å². The van der Waals surface area contributed by atoms with Crippen LogP contribution in [-0.2, 0) is 0 Å². The second-order valence-corrected chi connectivity index (χ2v) is 4.02. The smallest absolute Gasteiger partial charge is 0.257 e. The average molecular weight is 237 g/mol. The van der Waals surface area contributed by atoms with Gasteiger partial charge in [0, 0.05) is 38.2 Å². The molecule has 1 amide bonds. The molecule has 17 heavy (non-hydrogen) atoms. The molecule has 1 aromatic heterocycles. The summed E-state index contributed by atoms with van der Waals surface area (Å²) in [5, 5.41) is 21.7. The maximum atomic E-state index is 12.1. The van der Waals surface area contributed by atoms with Crippen LogP contribution in [-0.4, -0.2) is 58.3 Å². The minimum atomic E-state index is -0.867. The van der Waals surface area contributed by atoms with Gasteiger partial charge in [0.05, 0.1) is 17.8 Å². The third kappa shape index (κ3) is 2.22. The van der Waals surface area contributed by atoms with Crippen molar-refractivity contribution in [3.63, 3.8) is 0 Å². The number of aliphatic hydroxyl groups excluding tert-OH is 2.